The first kappa shape index (κ1) is 20.5. The first-order valence-corrected chi connectivity index (χ1v) is 11.2. The van der Waals surface area contributed by atoms with Gasteiger partial charge in [0.15, 0.2) is 5.13 Å². The second-order valence-corrected chi connectivity index (χ2v) is 8.90. The predicted molar refractivity (Wildman–Crippen MR) is 126 cm³/mol. The zero-order valence-corrected chi connectivity index (χ0v) is 18.8. The van der Waals surface area contributed by atoms with E-state index in [2.05, 4.69) is 49.3 Å². The van der Waals surface area contributed by atoms with Crippen LogP contribution in [0.5, 0.6) is 6.01 Å². The lowest BCUT2D eigenvalue weighted by Crippen LogP contribution is -2.54. The summed E-state index contributed by atoms with van der Waals surface area (Å²) in [6.45, 7) is 6.05. The molecule has 1 aromatic carbocycles. The average molecular weight is 450 g/mol. The Morgan fingerprint density at radius 2 is 2.00 bits per heavy atom. The van der Waals surface area contributed by atoms with Crippen LogP contribution in [0.2, 0.25) is 0 Å². The number of nitrogens with one attached hydrogen (secondary N) is 2. The number of aromatic nitrogens is 4. The molecule has 10 heteroatoms. The van der Waals surface area contributed by atoms with Gasteiger partial charge < -0.3 is 15.0 Å². The van der Waals surface area contributed by atoms with Crippen molar-refractivity contribution in [3.63, 3.8) is 0 Å². The van der Waals surface area contributed by atoms with Gasteiger partial charge in [0, 0.05) is 48.6 Å². The highest BCUT2D eigenvalue weighted by molar-refractivity contribution is 7.21. The van der Waals surface area contributed by atoms with Gasteiger partial charge in [-0.2, -0.15) is 4.98 Å². The summed E-state index contributed by atoms with van der Waals surface area (Å²) in [5.41, 5.74) is 2.74. The monoisotopic (exact) mass is 449 g/mol. The van der Waals surface area contributed by atoms with Crippen molar-refractivity contribution in [3.05, 3.63) is 42.2 Å². The minimum atomic E-state index is -0.289. The van der Waals surface area contributed by atoms with Crippen LogP contribution in [0.3, 0.4) is 0 Å². The van der Waals surface area contributed by atoms with Gasteiger partial charge in [0.2, 0.25) is 0 Å². The summed E-state index contributed by atoms with van der Waals surface area (Å²) >= 11 is 1.33. The summed E-state index contributed by atoms with van der Waals surface area (Å²) in [5, 5.41) is 7.74. The second-order valence-electron chi connectivity index (χ2n) is 7.93. The predicted octanol–water partition coefficient (Wildman–Crippen LogP) is 3.08. The lowest BCUT2D eigenvalue weighted by molar-refractivity contribution is 0.102. The summed E-state index contributed by atoms with van der Waals surface area (Å²) < 4.78 is 5.24. The average Bonchev–Trinajstić information content (AvgIpc) is 3.19. The molecule has 1 fully saturated rings. The summed E-state index contributed by atoms with van der Waals surface area (Å²) in [5.74, 6) is -0.289. The molecule has 1 saturated heterocycles. The number of benzene rings is 1. The molecule has 32 heavy (non-hydrogen) atoms. The van der Waals surface area contributed by atoms with E-state index in [4.69, 9.17) is 4.74 Å². The molecule has 1 aliphatic heterocycles. The van der Waals surface area contributed by atoms with Crippen LogP contribution >= 0.6 is 11.3 Å². The lowest BCUT2D eigenvalue weighted by atomic mass is 10.0. The van der Waals surface area contributed by atoms with Gasteiger partial charge in [0.1, 0.15) is 10.3 Å². The maximum absolute atomic E-state index is 13.2. The normalized spacial score (nSPS) is 18.8. The fraction of sp³-hybridized carbons (Fsp3) is 0.318. The summed E-state index contributed by atoms with van der Waals surface area (Å²) in [4.78, 5) is 33.9. The molecule has 0 bridgehead atoms. The van der Waals surface area contributed by atoms with Crippen molar-refractivity contribution in [1.82, 2.24) is 25.3 Å². The van der Waals surface area contributed by atoms with Crippen LogP contribution in [-0.2, 0) is 0 Å². The van der Waals surface area contributed by atoms with E-state index in [0.717, 1.165) is 34.5 Å². The number of amides is 1. The first-order chi connectivity index (χ1) is 15.5. The molecule has 0 radical (unpaired) electrons. The SMILES string of the molecule is COc1ncc2c(N3CC(C)NC(C)C3)ccc(C(=O)Nc3nc4cccnc4s3)c2n1. The highest BCUT2D eigenvalue weighted by Gasteiger charge is 2.25. The van der Waals surface area contributed by atoms with Gasteiger partial charge in [-0.1, -0.05) is 11.3 Å². The van der Waals surface area contributed by atoms with E-state index in [1.54, 1.807) is 12.4 Å². The highest BCUT2D eigenvalue weighted by atomic mass is 32.1. The van der Waals surface area contributed by atoms with Gasteiger partial charge in [-0.25, -0.2) is 15.0 Å². The molecule has 9 nitrogen and oxygen atoms in total. The Labute approximate surface area is 188 Å². The van der Waals surface area contributed by atoms with E-state index < -0.39 is 0 Å². The molecular formula is C22H23N7O2S. The second kappa shape index (κ2) is 8.29. The Balaban J connectivity index is 1.54. The van der Waals surface area contributed by atoms with Crippen LogP contribution in [0.15, 0.2) is 36.7 Å². The van der Waals surface area contributed by atoms with Gasteiger partial charge in [-0.15, -0.1) is 0 Å². The van der Waals surface area contributed by atoms with Gasteiger partial charge in [0.05, 0.1) is 18.2 Å². The molecule has 1 aliphatic rings. The third-order valence-electron chi connectivity index (χ3n) is 5.42. The smallest absolute Gasteiger partial charge is 0.316 e. The van der Waals surface area contributed by atoms with Crippen molar-refractivity contribution in [2.45, 2.75) is 25.9 Å². The highest BCUT2D eigenvalue weighted by Crippen LogP contribution is 2.31. The Morgan fingerprint density at radius 1 is 1.19 bits per heavy atom. The Hall–Kier alpha value is -3.37. The van der Waals surface area contributed by atoms with Crippen LogP contribution in [0.4, 0.5) is 10.8 Å². The van der Waals surface area contributed by atoms with Crippen molar-refractivity contribution in [2.75, 3.05) is 30.4 Å². The van der Waals surface area contributed by atoms with E-state index >= 15 is 0 Å². The van der Waals surface area contributed by atoms with Crippen molar-refractivity contribution in [3.8, 4) is 6.01 Å². The molecule has 3 aromatic heterocycles. The molecule has 2 unspecified atom stereocenters. The number of rotatable bonds is 4. The van der Waals surface area contributed by atoms with Crippen LogP contribution in [0.25, 0.3) is 21.3 Å². The number of thiazole rings is 1. The number of pyridine rings is 1. The summed E-state index contributed by atoms with van der Waals surface area (Å²) in [6, 6.07) is 8.38. The van der Waals surface area contributed by atoms with Crippen molar-refractivity contribution in [1.29, 1.82) is 0 Å². The number of methoxy groups -OCH3 is 1. The number of hydrogen-bond acceptors (Lipinski definition) is 9. The number of hydrogen-bond donors (Lipinski definition) is 2. The standard InChI is InChI=1S/C22H23N7O2S/c1-12-10-29(11-13(2)25-12)17-7-6-14(18-15(17)9-24-21(27-18)31-3)19(30)28-22-26-16-5-4-8-23-20(16)32-22/h4-9,12-13,25H,10-11H2,1-3H3,(H,26,28,30). The fourth-order valence-electron chi connectivity index (χ4n) is 4.16. The van der Waals surface area contributed by atoms with Gasteiger partial charge in [-0.05, 0) is 38.1 Å². The van der Waals surface area contributed by atoms with Crippen LogP contribution < -0.4 is 20.3 Å². The third kappa shape index (κ3) is 3.82. The maximum Gasteiger partial charge on any atom is 0.316 e. The van der Waals surface area contributed by atoms with Crippen LogP contribution in [0, 0.1) is 0 Å². The van der Waals surface area contributed by atoms with Gasteiger partial charge in [0.25, 0.3) is 5.91 Å². The Morgan fingerprint density at radius 3 is 2.75 bits per heavy atom. The minimum Gasteiger partial charge on any atom is -0.467 e. The molecule has 2 N–H and O–H groups in total. The van der Waals surface area contributed by atoms with Crippen LogP contribution in [-0.4, -0.2) is 58.1 Å². The zero-order valence-electron chi connectivity index (χ0n) is 18.0. The Kier molecular flexibility index (Phi) is 5.32. The van der Waals surface area contributed by atoms with E-state index in [9.17, 15) is 4.79 Å². The molecule has 0 saturated carbocycles. The van der Waals surface area contributed by atoms with Gasteiger partial charge >= 0.3 is 6.01 Å². The summed E-state index contributed by atoms with van der Waals surface area (Å²) in [7, 11) is 1.51. The van der Waals surface area contributed by atoms with E-state index in [1.165, 1.54) is 18.4 Å². The van der Waals surface area contributed by atoms with Crippen LogP contribution in [0.1, 0.15) is 24.2 Å². The number of fused-ring (bicyclic) bond motifs is 2. The summed E-state index contributed by atoms with van der Waals surface area (Å²) in [6.07, 6.45) is 3.44. The molecule has 1 amide bonds. The van der Waals surface area contributed by atoms with Crippen molar-refractivity contribution < 1.29 is 9.53 Å². The zero-order chi connectivity index (χ0) is 22.2. The topological polar surface area (TPSA) is 105 Å². The first-order valence-electron chi connectivity index (χ1n) is 10.4. The Bertz CT molecular complexity index is 1270. The van der Waals surface area contributed by atoms with E-state index in [0.29, 0.717) is 28.3 Å². The van der Waals surface area contributed by atoms with E-state index in [-0.39, 0.29) is 11.9 Å². The molecular weight excluding hydrogens is 426 g/mol. The van der Waals surface area contributed by atoms with Crippen molar-refractivity contribution >= 4 is 49.3 Å². The molecule has 4 aromatic rings. The molecule has 4 heterocycles. The third-order valence-corrected chi connectivity index (χ3v) is 6.31. The van der Waals surface area contributed by atoms with Gasteiger partial charge in [-0.3, -0.25) is 10.1 Å². The number of carbonyl (C=O) groups excluding carboxylic acids is 1. The number of carbonyl (C=O) groups is 1. The van der Waals surface area contributed by atoms with E-state index in [1.807, 2.05) is 24.3 Å². The number of nitrogens with zero attached hydrogens (tertiary/aromatic N) is 5. The molecule has 0 aliphatic carbocycles. The quantitative estimate of drug-likeness (QED) is 0.490. The number of piperazine rings is 1. The molecule has 164 valence electrons. The number of anilines is 2. The number of ether oxygens (including phenoxy) is 1. The van der Waals surface area contributed by atoms with Crippen molar-refractivity contribution in [2.24, 2.45) is 0 Å². The maximum atomic E-state index is 13.2. The largest absolute Gasteiger partial charge is 0.467 e. The molecule has 0 spiro atoms. The fourth-order valence-corrected chi connectivity index (χ4v) is 4.96. The minimum absolute atomic E-state index is 0.218. The molecule has 2 atom stereocenters. The lowest BCUT2D eigenvalue weighted by Gasteiger charge is -2.38. The molecule has 5 rings (SSSR count).